The summed E-state index contributed by atoms with van der Waals surface area (Å²) in [5.74, 6) is 0. The zero-order valence-corrected chi connectivity index (χ0v) is 47.9. The van der Waals surface area contributed by atoms with Crippen LogP contribution in [0.25, 0.3) is 72.3 Å². The van der Waals surface area contributed by atoms with Crippen LogP contribution in [0.3, 0.4) is 0 Å². The third-order valence-corrected chi connectivity index (χ3v) is 13.5. The Labute approximate surface area is 465 Å². The smallest absolute Gasteiger partial charge is 0.00703 e. The second-order valence-electron chi connectivity index (χ2n) is 18.8. The van der Waals surface area contributed by atoms with Crippen molar-refractivity contribution in [1.82, 2.24) is 0 Å². The molecule has 0 aromatic heterocycles. The van der Waals surface area contributed by atoms with Crippen LogP contribution in [-0.2, 0) is 12.8 Å². The summed E-state index contributed by atoms with van der Waals surface area (Å²) in [5.41, 5.74) is 25.9. The van der Waals surface area contributed by atoms with Crippen molar-refractivity contribution in [2.45, 2.75) is 89.0 Å². The summed E-state index contributed by atoms with van der Waals surface area (Å²) in [6.07, 6.45) is 6.09. The standard InChI is InChI=1S/C35H32.C20H18.C9H10.C7H8.C4H8.C2H6/c1-5-27-15-10-12-21-32(27)35-26(4)25(3)33(31-20-11-9-14-24(31)2)23-34(35)30-19-13-18-29(22-30)28-16-7-6-8-17-28;1-2-16-8-6-11-18(14-16)20-13-7-12-19(15-20)17-9-4-3-5-10-17;1-8(2)9-6-4-3-5-7-9;1-7-5-3-2-4-6-7;1-3-4-2;1-2/h6-23H,5H2,1-4H3;3-15H,2H2,1H3;3-7H,1H2,2H3;2-6H,1H3;3-4H,1-2H3;1-2H3/b;;;;4-3+;. The Morgan fingerprint density at radius 2 is 0.779 bits per heavy atom. The summed E-state index contributed by atoms with van der Waals surface area (Å²) in [4.78, 5) is 0. The molecule has 0 atom stereocenters. The molecule has 0 unspecified atom stereocenters. The average molecular weight is 1010 g/mol. The SMILES string of the molecule is C/C=C/C.C=C(C)c1ccccc1.CC.CCc1cccc(-c2cccc(-c3ccccc3)c2)c1.CCc1ccccc1-c1c(-c2cccc(-c3ccccc3)c2)cc(-c2ccccc2C)c(C)c1C.Cc1ccccc1. The van der Waals surface area contributed by atoms with Gasteiger partial charge >= 0.3 is 0 Å². The first-order chi connectivity index (χ1) is 37.6. The quantitative estimate of drug-likeness (QED) is 0.126. The van der Waals surface area contributed by atoms with Gasteiger partial charge < -0.3 is 0 Å². The highest BCUT2D eigenvalue weighted by Gasteiger charge is 2.19. The van der Waals surface area contributed by atoms with Crippen LogP contribution in [0.2, 0.25) is 0 Å². The summed E-state index contributed by atoms with van der Waals surface area (Å²) in [5, 5.41) is 0. The third-order valence-electron chi connectivity index (χ3n) is 13.5. The Kier molecular flexibility index (Phi) is 24.9. The molecule has 0 saturated carbocycles. The topological polar surface area (TPSA) is 0 Å². The second-order valence-corrected chi connectivity index (χ2v) is 18.8. The van der Waals surface area contributed by atoms with Crippen molar-refractivity contribution in [3.63, 3.8) is 0 Å². The lowest BCUT2D eigenvalue weighted by molar-refractivity contribution is 1.14. The number of aryl methyl sites for hydroxylation is 4. The Balaban J connectivity index is 0.000000216. The molecule has 0 radical (unpaired) electrons. The fourth-order valence-electron chi connectivity index (χ4n) is 8.95. The van der Waals surface area contributed by atoms with Crippen LogP contribution < -0.4 is 0 Å². The largest absolute Gasteiger partial charge is 0.0955 e. The van der Waals surface area contributed by atoms with Gasteiger partial charge in [0.2, 0.25) is 0 Å². The summed E-state index contributed by atoms with van der Waals surface area (Å²) in [6, 6.07) is 88.2. The minimum absolute atomic E-state index is 1.01. The molecule has 0 fully saturated rings. The van der Waals surface area contributed by atoms with Gasteiger partial charge in [0.1, 0.15) is 0 Å². The van der Waals surface area contributed by atoms with E-state index in [-0.39, 0.29) is 0 Å². The Hall–Kier alpha value is -8.32. The van der Waals surface area contributed by atoms with E-state index in [1.54, 1.807) is 0 Å². The van der Waals surface area contributed by atoms with E-state index in [4.69, 9.17) is 0 Å². The molecule has 0 spiro atoms. The molecule has 0 aliphatic rings. The van der Waals surface area contributed by atoms with Gasteiger partial charge in [-0.15, -0.1) is 0 Å². The highest BCUT2D eigenvalue weighted by molar-refractivity contribution is 5.93. The third kappa shape index (κ3) is 17.6. The first-order valence-corrected chi connectivity index (χ1v) is 27.6. The normalized spacial score (nSPS) is 10.1. The maximum Gasteiger partial charge on any atom is -0.00703 e. The molecule has 10 aromatic carbocycles. The number of rotatable bonds is 9. The van der Waals surface area contributed by atoms with Crippen LogP contribution in [0.4, 0.5) is 0 Å². The van der Waals surface area contributed by atoms with E-state index in [9.17, 15) is 0 Å². The maximum absolute atomic E-state index is 3.83. The maximum atomic E-state index is 3.83. The van der Waals surface area contributed by atoms with Crippen molar-refractivity contribution >= 4 is 5.57 Å². The fraction of sp³-hybridized carbons (Fsp3) is 0.169. The zero-order valence-electron chi connectivity index (χ0n) is 47.9. The number of hydrogen-bond acceptors (Lipinski definition) is 0. The van der Waals surface area contributed by atoms with E-state index in [1.165, 1.54) is 106 Å². The Morgan fingerprint density at radius 1 is 0.364 bits per heavy atom. The molecule has 0 amide bonds. The molecular formula is C77H82. The molecule has 0 aliphatic carbocycles. The zero-order chi connectivity index (χ0) is 55.4. The molecule has 10 aromatic rings. The van der Waals surface area contributed by atoms with E-state index < -0.39 is 0 Å². The summed E-state index contributed by atoms with van der Waals surface area (Å²) in [6.45, 7) is 27.1. The molecule has 77 heavy (non-hydrogen) atoms. The van der Waals surface area contributed by atoms with E-state index in [0.717, 1.165) is 18.4 Å². The fourth-order valence-corrected chi connectivity index (χ4v) is 8.95. The molecule has 390 valence electrons. The molecule has 0 heteroatoms. The number of hydrogen-bond donors (Lipinski definition) is 0. The summed E-state index contributed by atoms with van der Waals surface area (Å²) >= 11 is 0. The van der Waals surface area contributed by atoms with Crippen LogP contribution in [0.15, 0.2) is 267 Å². The monoisotopic (exact) mass is 1010 g/mol. The van der Waals surface area contributed by atoms with Crippen LogP contribution in [0, 0.1) is 27.7 Å². The van der Waals surface area contributed by atoms with E-state index >= 15 is 0 Å². The molecule has 0 saturated heterocycles. The molecule has 0 N–H and O–H groups in total. The van der Waals surface area contributed by atoms with Gasteiger partial charge in [-0.2, -0.15) is 0 Å². The van der Waals surface area contributed by atoms with Gasteiger partial charge in [-0.25, -0.2) is 0 Å². The first-order valence-electron chi connectivity index (χ1n) is 27.6. The average Bonchev–Trinajstić information content (AvgIpc) is 3.51. The Bertz CT molecular complexity index is 3330. The van der Waals surface area contributed by atoms with Crippen LogP contribution in [-0.4, -0.2) is 0 Å². The van der Waals surface area contributed by atoms with Crippen molar-refractivity contribution < 1.29 is 0 Å². The van der Waals surface area contributed by atoms with Gasteiger partial charge in [0, 0.05) is 0 Å². The van der Waals surface area contributed by atoms with Crippen LogP contribution >= 0.6 is 0 Å². The molecule has 0 heterocycles. The van der Waals surface area contributed by atoms with Crippen molar-refractivity contribution in [2.24, 2.45) is 0 Å². The molecule has 0 bridgehead atoms. The van der Waals surface area contributed by atoms with E-state index in [2.05, 4.69) is 260 Å². The highest BCUT2D eigenvalue weighted by Crippen LogP contribution is 2.43. The van der Waals surface area contributed by atoms with E-state index in [1.807, 2.05) is 83.2 Å². The summed E-state index contributed by atoms with van der Waals surface area (Å²) < 4.78 is 0. The minimum atomic E-state index is 1.01. The minimum Gasteiger partial charge on any atom is -0.0955 e. The predicted octanol–water partition coefficient (Wildman–Crippen LogP) is 22.7. The van der Waals surface area contributed by atoms with Gasteiger partial charge in [-0.05, 0) is 180 Å². The molecule has 0 aliphatic heterocycles. The lowest BCUT2D eigenvalue weighted by Gasteiger charge is -2.22. The van der Waals surface area contributed by atoms with Crippen molar-refractivity contribution in [1.29, 1.82) is 0 Å². The number of benzene rings is 10. The van der Waals surface area contributed by atoms with Crippen molar-refractivity contribution in [2.75, 3.05) is 0 Å². The van der Waals surface area contributed by atoms with Gasteiger partial charge in [-0.3, -0.25) is 0 Å². The van der Waals surface area contributed by atoms with E-state index in [0.29, 0.717) is 0 Å². The summed E-state index contributed by atoms with van der Waals surface area (Å²) in [7, 11) is 0. The van der Waals surface area contributed by atoms with Crippen molar-refractivity contribution in [3.05, 3.63) is 306 Å². The Morgan fingerprint density at radius 3 is 1.25 bits per heavy atom. The van der Waals surface area contributed by atoms with Gasteiger partial charge in [0.15, 0.2) is 0 Å². The van der Waals surface area contributed by atoms with Crippen LogP contribution in [0.5, 0.6) is 0 Å². The molecule has 10 rings (SSSR count). The molecular weight excluding hydrogens is 925 g/mol. The second kappa shape index (κ2) is 32.2. The molecule has 0 nitrogen and oxygen atoms in total. The van der Waals surface area contributed by atoms with Gasteiger partial charge in [-0.1, -0.05) is 288 Å². The first kappa shape index (κ1) is 59.6. The van der Waals surface area contributed by atoms with Crippen molar-refractivity contribution in [3.8, 4) is 66.8 Å². The van der Waals surface area contributed by atoms with Crippen LogP contribution in [0.1, 0.15) is 87.4 Å². The number of allylic oxidation sites excluding steroid dienone is 3. The highest BCUT2D eigenvalue weighted by atomic mass is 14.2. The lowest BCUT2D eigenvalue weighted by atomic mass is 9.82. The van der Waals surface area contributed by atoms with Gasteiger partial charge in [0.05, 0.1) is 0 Å². The lowest BCUT2D eigenvalue weighted by Crippen LogP contribution is -1.99. The van der Waals surface area contributed by atoms with Gasteiger partial charge in [0.25, 0.3) is 0 Å². The predicted molar refractivity (Wildman–Crippen MR) is 343 cm³/mol.